The lowest BCUT2D eigenvalue weighted by Gasteiger charge is -1.82. The largest absolute Gasteiger partial charge is 0.508 e. The maximum absolute atomic E-state index is 8.63. The Morgan fingerprint density at radius 2 is 0.895 bits per heavy atom. The van der Waals surface area contributed by atoms with Crippen LogP contribution in [0.4, 0.5) is 0 Å². The molecule has 0 aliphatic rings. The van der Waals surface area contributed by atoms with Crippen LogP contribution < -0.4 is 0 Å². The van der Waals surface area contributed by atoms with Crippen molar-refractivity contribution < 1.29 is 24.6 Å². The van der Waals surface area contributed by atoms with E-state index in [4.69, 9.17) is 24.6 Å². The van der Waals surface area contributed by atoms with Crippen molar-refractivity contribution in [1.29, 1.82) is 0 Å². The highest BCUT2D eigenvalue weighted by atomic mass is 16.3. The van der Waals surface area contributed by atoms with Crippen LogP contribution in [0.1, 0.15) is 0 Å². The molecule has 0 atom stereocenters. The second kappa shape index (κ2) is 15.1. The summed E-state index contributed by atoms with van der Waals surface area (Å²) in [7, 11) is 0. The first-order chi connectivity index (χ1) is 9.20. The van der Waals surface area contributed by atoms with Crippen LogP contribution in [0.25, 0.3) is 0 Å². The minimum Gasteiger partial charge on any atom is -0.508 e. The van der Waals surface area contributed by atoms with Gasteiger partial charge in [-0.1, -0.05) is 36.4 Å². The summed E-state index contributed by atoms with van der Waals surface area (Å²) < 4.78 is 0. The topological polar surface area (TPSA) is 91.7 Å². The molecule has 0 amide bonds. The summed E-state index contributed by atoms with van der Waals surface area (Å²) in [6, 6.07) is 17.4. The van der Waals surface area contributed by atoms with Gasteiger partial charge in [0, 0.05) is 0 Å². The maximum Gasteiger partial charge on any atom is 0.373 e. The van der Waals surface area contributed by atoms with Crippen LogP contribution in [0, 0.1) is 0 Å². The smallest absolute Gasteiger partial charge is 0.373 e. The van der Waals surface area contributed by atoms with Crippen molar-refractivity contribution in [2.75, 3.05) is 0 Å². The molecule has 2 aromatic rings. The number of phenolic OH excluding ortho intramolecular Hbond substituents is 2. The van der Waals surface area contributed by atoms with Crippen LogP contribution in [0.3, 0.4) is 0 Å². The average Bonchev–Trinajstić information content (AvgIpc) is 2.44. The number of carbonyl (C=O) groups is 1. The average molecular weight is 262 g/mol. The third-order valence-electron chi connectivity index (χ3n) is 1.51. The monoisotopic (exact) mass is 262 g/mol. The quantitative estimate of drug-likeness (QED) is 0.757. The molecular formula is C14H14O5. The second-order valence-electron chi connectivity index (χ2n) is 2.75. The summed E-state index contributed by atoms with van der Waals surface area (Å²) in [6.45, 7) is 2.00. The van der Waals surface area contributed by atoms with Gasteiger partial charge in [0.15, 0.2) is 0 Å². The van der Waals surface area contributed by atoms with Crippen molar-refractivity contribution in [1.82, 2.24) is 0 Å². The fraction of sp³-hybridized carbons (Fsp3) is 0. The fourth-order valence-electron chi connectivity index (χ4n) is 0.856. The van der Waals surface area contributed by atoms with Gasteiger partial charge in [-0.3, -0.25) is 0 Å². The number of rotatable bonds is 0. The van der Waals surface area contributed by atoms with Crippen molar-refractivity contribution in [2.24, 2.45) is 0 Å². The molecule has 0 aliphatic carbocycles. The van der Waals surface area contributed by atoms with Crippen LogP contribution in [0.15, 0.2) is 60.7 Å². The van der Waals surface area contributed by atoms with Gasteiger partial charge in [0.05, 0.1) is 0 Å². The lowest BCUT2D eigenvalue weighted by molar-refractivity contribution is -0.191. The van der Waals surface area contributed by atoms with Crippen LogP contribution in [0.5, 0.6) is 11.5 Å². The van der Waals surface area contributed by atoms with Gasteiger partial charge in [0.2, 0.25) is 0 Å². The van der Waals surface area contributed by atoms with Gasteiger partial charge in [-0.2, -0.15) is 9.59 Å². The molecule has 0 saturated heterocycles. The van der Waals surface area contributed by atoms with Gasteiger partial charge in [0.25, 0.3) is 0 Å². The Bertz CT molecular complexity index is 398. The number of hydrogen-bond donors (Lipinski definition) is 2. The van der Waals surface area contributed by atoms with Crippen molar-refractivity contribution in [3.8, 4) is 11.5 Å². The SMILES string of the molecule is C=O.O=C=O.Oc1ccccc1.Oc1ccccc1. The zero-order valence-electron chi connectivity index (χ0n) is 10.1. The van der Waals surface area contributed by atoms with E-state index in [0.717, 1.165) is 0 Å². The van der Waals surface area contributed by atoms with Crippen LogP contribution in [-0.4, -0.2) is 23.2 Å². The highest BCUT2D eigenvalue weighted by Gasteiger charge is 1.75. The molecular weight excluding hydrogens is 248 g/mol. The van der Waals surface area contributed by atoms with Crippen LogP contribution in [-0.2, 0) is 14.4 Å². The molecule has 0 aliphatic heterocycles. The summed E-state index contributed by atoms with van der Waals surface area (Å²) in [5, 5.41) is 17.3. The standard InChI is InChI=1S/2C6H6O.CO2.CH2O/c2*7-6-4-2-1-3-5-6;2-1-3;1-2/h2*1-5,7H;;1H2. The minimum absolute atomic E-state index is 0.250. The van der Waals surface area contributed by atoms with E-state index in [2.05, 4.69) is 0 Å². The molecule has 0 radical (unpaired) electrons. The minimum atomic E-state index is 0.250. The first-order valence-electron chi connectivity index (χ1n) is 4.97. The normalized spacial score (nSPS) is 6.95. The molecule has 0 aromatic heterocycles. The Kier molecular flexibility index (Phi) is 14.7. The lowest BCUT2D eigenvalue weighted by atomic mass is 10.3. The van der Waals surface area contributed by atoms with E-state index in [0.29, 0.717) is 11.5 Å². The predicted molar refractivity (Wildman–Crippen MR) is 68.3 cm³/mol. The summed E-state index contributed by atoms with van der Waals surface area (Å²) in [5.41, 5.74) is 0. The molecule has 2 aromatic carbocycles. The van der Waals surface area contributed by atoms with Gasteiger partial charge in [0.1, 0.15) is 18.3 Å². The third-order valence-corrected chi connectivity index (χ3v) is 1.51. The Morgan fingerprint density at radius 3 is 1.00 bits per heavy atom. The first kappa shape index (κ1) is 18.5. The predicted octanol–water partition coefficient (Wildman–Crippen LogP) is 2.02. The van der Waals surface area contributed by atoms with Gasteiger partial charge in [-0.15, -0.1) is 0 Å². The molecule has 2 rings (SSSR count). The second-order valence-corrected chi connectivity index (χ2v) is 2.75. The van der Waals surface area contributed by atoms with Crippen molar-refractivity contribution in [3.63, 3.8) is 0 Å². The summed E-state index contributed by atoms with van der Waals surface area (Å²) in [4.78, 5) is 24.2. The van der Waals surface area contributed by atoms with Gasteiger partial charge in [-0.05, 0) is 24.3 Å². The highest BCUT2D eigenvalue weighted by Crippen LogP contribution is 2.03. The van der Waals surface area contributed by atoms with E-state index >= 15 is 0 Å². The van der Waals surface area contributed by atoms with Gasteiger partial charge >= 0.3 is 6.15 Å². The number of benzene rings is 2. The molecule has 2 N–H and O–H groups in total. The molecule has 0 bridgehead atoms. The van der Waals surface area contributed by atoms with Gasteiger partial charge in [-0.25, -0.2) is 0 Å². The van der Waals surface area contributed by atoms with E-state index < -0.39 is 0 Å². The van der Waals surface area contributed by atoms with E-state index in [1.807, 2.05) is 18.9 Å². The molecule has 100 valence electrons. The number of para-hydroxylation sites is 2. The molecule has 0 spiro atoms. The molecule has 19 heavy (non-hydrogen) atoms. The van der Waals surface area contributed by atoms with E-state index in [1.54, 1.807) is 48.5 Å². The Morgan fingerprint density at radius 1 is 0.684 bits per heavy atom. The van der Waals surface area contributed by atoms with E-state index in [1.165, 1.54) is 0 Å². The Balaban J connectivity index is 0. The molecule has 5 heteroatoms. The van der Waals surface area contributed by atoms with Crippen LogP contribution >= 0.6 is 0 Å². The zero-order chi connectivity index (χ0) is 14.9. The van der Waals surface area contributed by atoms with E-state index in [-0.39, 0.29) is 6.15 Å². The first-order valence-corrected chi connectivity index (χ1v) is 4.97. The van der Waals surface area contributed by atoms with Gasteiger partial charge < -0.3 is 15.0 Å². The summed E-state index contributed by atoms with van der Waals surface area (Å²) in [6.07, 6.45) is 0.250. The van der Waals surface area contributed by atoms with Crippen molar-refractivity contribution >= 4 is 12.9 Å². The Labute approximate surface area is 110 Å². The molecule has 0 fully saturated rings. The summed E-state index contributed by atoms with van der Waals surface area (Å²) >= 11 is 0. The number of hydrogen-bond acceptors (Lipinski definition) is 5. The number of carbonyl (C=O) groups excluding carboxylic acids is 3. The molecule has 0 unspecified atom stereocenters. The molecule has 5 nitrogen and oxygen atoms in total. The molecule has 0 heterocycles. The Hall–Kier alpha value is -2.91. The van der Waals surface area contributed by atoms with Crippen molar-refractivity contribution in [3.05, 3.63) is 60.7 Å². The van der Waals surface area contributed by atoms with E-state index in [9.17, 15) is 0 Å². The number of phenols is 2. The lowest BCUT2D eigenvalue weighted by Crippen LogP contribution is -1.56. The highest BCUT2D eigenvalue weighted by molar-refractivity contribution is 5.20. The zero-order valence-corrected chi connectivity index (χ0v) is 10.1. The van der Waals surface area contributed by atoms with Crippen LogP contribution in [0.2, 0.25) is 0 Å². The fourth-order valence-corrected chi connectivity index (χ4v) is 0.856. The summed E-state index contributed by atoms with van der Waals surface area (Å²) in [5.74, 6) is 0.644. The molecule has 0 saturated carbocycles. The number of aromatic hydroxyl groups is 2. The van der Waals surface area contributed by atoms with Crippen molar-refractivity contribution in [2.45, 2.75) is 0 Å². The third kappa shape index (κ3) is 15.1. The maximum atomic E-state index is 8.63.